The minimum Gasteiger partial charge on any atom is -0.382 e. The fourth-order valence-electron chi connectivity index (χ4n) is 1.72. The van der Waals surface area contributed by atoms with Crippen molar-refractivity contribution in [3.63, 3.8) is 0 Å². The number of halogens is 2. The third-order valence-electron chi connectivity index (χ3n) is 2.42. The summed E-state index contributed by atoms with van der Waals surface area (Å²) in [7, 11) is 0. The first-order chi connectivity index (χ1) is 7.79. The summed E-state index contributed by atoms with van der Waals surface area (Å²) in [4.78, 5) is 8.71. The van der Waals surface area contributed by atoms with Gasteiger partial charge in [0.25, 0.3) is 0 Å². The maximum Gasteiger partial charge on any atom is 0.151 e. The van der Waals surface area contributed by atoms with Gasteiger partial charge in [0.2, 0.25) is 0 Å². The van der Waals surface area contributed by atoms with E-state index < -0.39 is 0 Å². The number of fused-ring (bicyclic) bond motifs is 3. The molecule has 0 amide bonds. The molecule has 0 aliphatic rings. The molecule has 0 fully saturated rings. The Morgan fingerprint density at radius 3 is 2.76 bits per heavy atom. The van der Waals surface area contributed by atoms with Gasteiger partial charge in [-0.1, -0.05) is 18.2 Å². The third-order valence-corrected chi connectivity index (χ3v) is 3.92. The number of hydrogen-bond donors (Lipinski definition) is 1. The number of aromatic nitrogens is 2. The number of thiazole rings is 1. The van der Waals surface area contributed by atoms with Gasteiger partial charge < -0.3 is 5.73 Å². The molecule has 0 bridgehead atoms. The van der Waals surface area contributed by atoms with Crippen molar-refractivity contribution in [2.45, 2.75) is 5.88 Å². The van der Waals surface area contributed by atoms with E-state index in [0.29, 0.717) is 11.7 Å². The summed E-state index contributed by atoms with van der Waals surface area (Å²) in [6.45, 7) is 0. The van der Waals surface area contributed by atoms with Crippen LogP contribution in [0.1, 0.15) is 5.01 Å². The molecular weight excluding hydrogens is 277 g/mol. The van der Waals surface area contributed by atoms with Crippen molar-refractivity contribution in [2.24, 2.45) is 0 Å². The second-order valence-corrected chi connectivity index (χ2v) is 4.78. The van der Waals surface area contributed by atoms with E-state index in [2.05, 4.69) is 9.97 Å². The predicted octanol–water partition coefficient (Wildman–Crippen LogP) is 3.59. The molecule has 2 N–H and O–H groups in total. The van der Waals surface area contributed by atoms with Crippen molar-refractivity contribution in [1.29, 1.82) is 0 Å². The van der Waals surface area contributed by atoms with Crippen LogP contribution in [-0.2, 0) is 5.88 Å². The van der Waals surface area contributed by atoms with Crippen LogP contribution in [0.2, 0.25) is 0 Å². The maximum atomic E-state index is 5.88. The van der Waals surface area contributed by atoms with Crippen LogP contribution in [0.25, 0.3) is 21.1 Å². The number of nitrogens with two attached hydrogens (primary N) is 1. The van der Waals surface area contributed by atoms with E-state index in [4.69, 9.17) is 17.3 Å². The fraction of sp³-hybridized carbons (Fsp3) is 0.0909. The molecule has 3 nitrogen and oxygen atoms in total. The Balaban J connectivity index is 0.00000108. The van der Waals surface area contributed by atoms with Crippen LogP contribution in [0.5, 0.6) is 0 Å². The highest BCUT2D eigenvalue weighted by molar-refractivity contribution is 7.19. The van der Waals surface area contributed by atoms with Crippen LogP contribution in [0.3, 0.4) is 0 Å². The first kappa shape index (κ1) is 12.4. The monoisotopic (exact) mass is 285 g/mol. The number of anilines is 1. The van der Waals surface area contributed by atoms with Gasteiger partial charge in [-0.05, 0) is 6.07 Å². The maximum absolute atomic E-state index is 5.88. The van der Waals surface area contributed by atoms with Gasteiger partial charge in [0, 0.05) is 5.39 Å². The van der Waals surface area contributed by atoms with Crippen molar-refractivity contribution in [2.75, 3.05) is 5.73 Å². The van der Waals surface area contributed by atoms with E-state index in [0.717, 1.165) is 26.1 Å². The van der Waals surface area contributed by atoms with E-state index in [-0.39, 0.29) is 12.4 Å². The minimum absolute atomic E-state index is 0. The van der Waals surface area contributed by atoms with E-state index in [9.17, 15) is 0 Å². The fourth-order valence-corrected chi connectivity index (χ4v) is 2.90. The van der Waals surface area contributed by atoms with Gasteiger partial charge in [0.05, 0.1) is 16.1 Å². The summed E-state index contributed by atoms with van der Waals surface area (Å²) in [5.41, 5.74) is 7.54. The Morgan fingerprint density at radius 1 is 1.24 bits per heavy atom. The second-order valence-electron chi connectivity index (χ2n) is 3.43. The molecule has 0 saturated carbocycles. The van der Waals surface area contributed by atoms with Gasteiger partial charge in [-0.25, -0.2) is 9.97 Å². The topological polar surface area (TPSA) is 51.8 Å². The zero-order valence-electron chi connectivity index (χ0n) is 8.68. The number of alkyl halides is 1. The molecule has 3 rings (SSSR count). The lowest BCUT2D eigenvalue weighted by molar-refractivity contribution is 1.29. The number of hydrogen-bond acceptors (Lipinski definition) is 4. The van der Waals surface area contributed by atoms with E-state index in [1.807, 2.05) is 24.3 Å². The van der Waals surface area contributed by atoms with Crippen LogP contribution >= 0.6 is 35.3 Å². The number of rotatable bonds is 1. The molecule has 1 aromatic carbocycles. The molecule has 0 spiro atoms. The van der Waals surface area contributed by atoms with E-state index >= 15 is 0 Å². The lowest BCUT2D eigenvalue weighted by atomic mass is 10.2. The summed E-state index contributed by atoms with van der Waals surface area (Å²) in [6, 6.07) is 7.91. The normalized spacial score (nSPS) is 10.6. The average Bonchev–Trinajstić information content (AvgIpc) is 2.74. The zero-order chi connectivity index (χ0) is 11.1. The summed E-state index contributed by atoms with van der Waals surface area (Å²) >= 11 is 7.37. The Bertz CT molecular complexity index is 681. The Morgan fingerprint density at radius 2 is 2.00 bits per heavy atom. The highest BCUT2D eigenvalue weighted by atomic mass is 35.5. The Hall–Kier alpha value is -1.10. The summed E-state index contributed by atoms with van der Waals surface area (Å²) < 4.78 is 1.07. The second kappa shape index (κ2) is 4.64. The van der Waals surface area contributed by atoms with Gasteiger partial charge in [-0.3, -0.25) is 0 Å². The molecule has 0 radical (unpaired) electrons. The first-order valence-electron chi connectivity index (χ1n) is 4.79. The molecule has 0 aliphatic heterocycles. The third kappa shape index (κ3) is 1.92. The molecular formula is C11H9Cl2N3S. The van der Waals surface area contributed by atoms with Crippen LogP contribution in [0.15, 0.2) is 24.3 Å². The van der Waals surface area contributed by atoms with Crippen LogP contribution < -0.4 is 5.73 Å². The molecule has 3 aromatic rings. The van der Waals surface area contributed by atoms with Crippen molar-refractivity contribution in [1.82, 2.24) is 9.97 Å². The Kier molecular flexibility index (Phi) is 3.38. The van der Waals surface area contributed by atoms with Crippen molar-refractivity contribution in [3.05, 3.63) is 29.3 Å². The average molecular weight is 286 g/mol. The van der Waals surface area contributed by atoms with Gasteiger partial charge in [0.1, 0.15) is 10.5 Å². The van der Waals surface area contributed by atoms with E-state index in [1.165, 1.54) is 0 Å². The molecule has 2 aromatic heterocycles. The van der Waals surface area contributed by atoms with Crippen molar-refractivity contribution < 1.29 is 0 Å². The first-order valence-corrected chi connectivity index (χ1v) is 6.14. The molecule has 88 valence electrons. The zero-order valence-corrected chi connectivity index (χ0v) is 11.1. The lowest BCUT2D eigenvalue weighted by Crippen LogP contribution is -1.92. The lowest BCUT2D eigenvalue weighted by Gasteiger charge is -1.99. The number of nitrogens with zero attached hydrogens (tertiary/aromatic N) is 2. The van der Waals surface area contributed by atoms with E-state index in [1.54, 1.807) is 11.3 Å². The van der Waals surface area contributed by atoms with Crippen LogP contribution in [0.4, 0.5) is 5.82 Å². The van der Waals surface area contributed by atoms with Gasteiger partial charge in [-0.15, -0.1) is 35.3 Å². The number of nitrogen functional groups attached to an aromatic ring is 1. The molecule has 0 aliphatic carbocycles. The van der Waals surface area contributed by atoms with Gasteiger partial charge in [-0.2, -0.15) is 0 Å². The smallest absolute Gasteiger partial charge is 0.151 e. The van der Waals surface area contributed by atoms with Crippen LogP contribution in [-0.4, -0.2) is 9.97 Å². The number of para-hydroxylation sites is 1. The van der Waals surface area contributed by atoms with Crippen molar-refractivity contribution >= 4 is 62.3 Å². The molecule has 0 unspecified atom stereocenters. The summed E-state index contributed by atoms with van der Waals surface area (Å²) in [6.07, 6.45) is 0. The quantitative estimate of drug-likeness (QED) is 0.695. The number of benzene rings is 1. The number of pyridine rings is 1. The minimum atomic E-state index is 0. The molecule has 17 heavy (non-hydrogen) atoms. The summed E-state index contributed by atoms with van der Waals surface area (Å²) in [5.74, 6) is 0.883. The molecule has 0 saturated heterocycles. The summed E-state index contributed by atoms with van der Waals surface area (Å²) in [5, 5.41) is 1.96. The highest BCUT2D eigenvalue weighted by Crippen LogP contribution is 2.32. The predicted molar refractivity (Wildman–Crippen MR) is 76.1 cm³/mol. The van der Waals surface area contributed by atoms with Gasteiger partial charge in [0.15, 0.2) is 5.82 Å². The standard InChI is InChI=1S/C11H8ClN3S.ClH/c12-5-8-15-9-10(16-8)6-3-1-2-4-7(6)14-11(9)13;/h1-4H,5H2,(H2,13,14);1H. The largest absolute Gasteiger partial charge is 0.382 e. The van der Waals surface area contributed by atoms with Crippen LogP contribution in [0, 0.1) is 0 Å². The Labute approximate surface area is 113 Å². The highest BCUT2D eigenvalue weighted by Gasteiger charge is 2.11. The molecule has 6 heteroatoms. The molecule has 2 heterocycles. The molecule has 0 atom stereocenters. The van der Waals surface area contributed by atoms with Gasteiger partial charge >= 0.3 is 0 Å². The SMILES string of the molecule is Cl.Nc1nc2ccccc2c2sc(CCl)nc12. The van der Waals surface area contributed by atoms with Crippen molar-refractivity contribution in [3.8, 4) is 0 Å².